The molecule has 1 amide bonds. The number of carbonyl (C=O) groups is 1. The lowest BCUT2D eigenvalue weighted by Crippen LogP contribution is -2.48. The first kappa shape index (κ1) is 24.3. The van der Waals surface area contributed by atoms with Crippen molar-refractivity contribution in [1.82, 2.24) is 24.4 Å². The molecule has 3 N–H and O–H groups in total. The maximum atomic E-state index is 13.3. The monoisotopic (exact) mass is 519 g/mol. The van der Waals surface area contributed by atoms with Crippen molar-refractivity contribution in [3.63, 3.8) is 0 Å². The number of ether oxygens (including phenoxy) is 1. The Morgan fingerprint density at radius 1 is 1.11 bits per heavy atom. The van der Waals surface area contributed by atoms with Gasteiger partial charge in [0.05, 0.1) is 16.9 Å². The summed E-state index contributed by atoms with van der Waals surface area (Å²) in [6.45, 7) is 3.75. The van der Waals surface area contributed by atoms with Gasteiger partial charge >= 0.3 is 0 Å². The van der Waals surface area contributed by atoms with Crippen molar-refractivity contribution in [3.05, 3.63) is 90.3 Å². The number of sulfonamides is 1. The summed E-state index contributed by atoms with van der Waals surface area (Å²) in [6, 6.07) is 12.2. The number of rotatable bonds is 7. The molecule has 0 radical (unpaired) electrons. The van der Waals surface area contributed by atoms with Crippen LogP contribution < -0.4 is 15.8 Å². The number of benzene rings is 1. The smallest absolute Gasteiger partial charge is 0.259 e. The number of carbonyl (C=O) groups excluding carboxylic acids is 1. The minimum atomic E-state index is -3.65. The number of nitrogens with one attached hydrogen (secondary N) is 1. The second-order valence-electron chi connectivity index (χ2n) is 9.25. The number of imidazole rings is 1. The normalized spacial score (nSPS) is 14.5. The molecule has 0 bridgehead atoms. The molecule has 3 aromatic heterocycles. The van der Waals surface area contributed by atoms with Gasteiger partial charge in [0.25, 0.3) is 15.9 Å². The van der Waals surface area contributed by atoms with Crippen molar-refractivity contribution in [2.24, 2.45) is 10.1 Å². The second-order valence-corrected chi connectivity index (χ2v) is 10.9. The summed E-state index contributed by atoms with van der Waals surface area (Å²) in [6.07, 6.45) is 8.70. The molecule has 12 heteroatoms. The number of nitrogens with zero attached hydrogens (tertiary/aromatic N) is 5. The van der Waals surface area contributed by atoms with Crippen LogP contribution in [0.1, 0.15) is 35.3 Å². The predicted octanol–water partition coefficient (Wildman–Crippen LogP) is 2.19. The molecule has 0 unspecified atom stereocenters. The molecule has 5 rings (SSSR count). The van der Waals surface area contributed by atoms with Crippen LogP contribution in [-0.2, 0) is 15.8 Å². The van der Waals surface area contributed by atoms with Crippen molar-refractivity contribution >= 4 is 21.8 Å². The highest BCUT2D eigenvalue weighted by Gasteiger charge is 2.28. The summed E-state index contributed by atoms with van der Waals surface area (Å²) >= 11 is 0. The predicted molar refractivity (Wildman–Crippen MR) is 138 cm³/mol. The largest absolute Gasteiger partial charge is 0.490 e. The Morgan fingerprint density at radius 2 is 1.84 bits per heavy atom. The van der Waals surface area contributed by atoms with Crippen LogP contribution in [0.5, 0.6) is 5.75 Å². The molecule has 0 saturated carbocycles. The van der Waals surface area contributed by atoms with E-state index in [0.717, 1.165) is 0 Å². The Morgan fingerprint density at radius 3 is 2.54 bits per heavy atom. The standard InChI is InChI=1S/C25H25N7O4S/c1-25(2,15-36-19-7-5-6-17-14-37(34,35)30-23(26)22(17)19)29-24(33)18-12-20(31-9-3-4-10-31)28-21(13-18)32-11-8-27-16-32/h3-13,16H,14-15H2,1-2H3,(H2,26,30)(H,29,33). The Labute approximate surface area is 213 Å². The van der Waals surface area contributed by atoms with E-state index < -0.39 is 15.6 Å². The van der Waals surface area contributed by atoms with Crippen LogP contribution in [0.4, 0.5) is 0 Å². The van der Waals surface area contributed by atoms with Crippen molar-refractivity contribution in [2.45, 2.75) is 25.1 Å². The molecule has 0 fully saturated rings. The molecule has 11 nitrogen and oxygen atoms in total. The highest BCUT2D eigenvalue weighted by atomic mass is 32.2. The highest BCUT2D eigenvalue weighted by Crippen LogP contribution is 2.28. The van der Waals surface area contributed by atoms with Gasteiger partial charge in [0.15, 0.2) is 0 Å². The topological polar surface area (TPSA) is 146 Å². The summed E-state index contributed by atoms with van der Waals surface area (Å²) in [5, 5.41) is 3.01. The van der Waals surface area contributed by atoms with Crippen molar-refractivity contribution < 1.29 is 17.9 Å². The number of fused-ring (bicyclic) bond motifs is 1. The van der Waals surface area contributed by atoms with Gasteiger partial charge in [-0.05, 0) is 49.7 Å². The molecule has 0 atom stereocenters. The molecular formula is C25H25N7O4S. The van der Waals surface area contributed by atoms with Gasteiger partial charge in [-0.3, -0.25) is 9.36 Å². The summed E-state index contributed by atoms with van der Waals surface area (Å²) in [4.78, 5) is 22.1. The first-order valence-corrected chi connectivity index (χ1v) is 13.0. The van der Waals surface area contributed by atoms with E-state index in [1.54, 1.807) is 53.6 Å². The van der Waals surface area contributed by atoms with Crippen molar-refractivity contribution in [1.29, 1.82) is 0 Å². The average molecular weight is 520 g/mol. The number of amides is 1. The minimum Gasteiger partial charge on any atom is -0.490 e. The van der Waals surface area contributed by atoms with E-state index in [-0.39, 0.29) is 24.1 Å². The van der Waals surface area contributed by atoms with E-state index in [9.17, 15) is 13.2 Å². The van der Waals surface area contributed by atoms with E-state index in [1.165, 1.54) is 0 Å². The Bertz CT molecular complexity index is 1540. The lowest BCUT2D eigenvalue weighted by molar-refractivity contribution is 0.0880. The first-order valence-electron chi connectivity index (χ1n) is 11.4. The highest BCUT2D eigenvalue weighted by molar-refractivity contribution is 7.89. The number of nitrogens with two attached hydrogens (primary N) is 1. The van der Waals surface area contributed by atoms with E-state index in [2.05, 4.69) is 19.7 Å². The van der Waals surface area contributed by atoms with Gasteiger partial charge in [-0.1, -0.05) is 12.1 Å². The Kier molecular flexibility index (Phi) is 6.04. The number of hydrogen-bond acceptors (Lipinski definition) is 7. The maximum Gasteiger partial charge on any atom is 0.259 e. The fourth-order valence-electron chi connectivity index (χ4n) is 3.99. The quantitative estimate of drug-likeness (QED) is 0.380. The molecule has 4 aromatic rings. The van der Waals surface area contributed by atoms with Crippen LogP contribution >= 0.6 is 0 Å². The molecule has 37 heavy (non-hydrogen) atoms. The zero-order valence-corrected chi connectivity index (χ0v) is 21.0. The number of amidine groups is 1. The summed E-state index contributed by atoms with van der Waals surface area (Å²) in [5.41, 5.74) is 6.53. The third-order valence-corrected chi connectivity index (χ3v) is 6.83. The van der Waals surface area contributed by atoms with Crippen molar-refractivity contribution in [2.75, 3.05) is 6.61 Å². The number of pyridine rings is 1. The number of aromatic nitrogens is 4. The molecule has 0 aliphatic carbocycles. The average Bonchev–Trinajstić information content (AvgIpc) is 3.56. The van der Waals surface area contributed by atoms with Crippen LogP contribution in [-0.4, -0.2) is 51.4 Å². The fraction of sp³-hybridized carbons (Fsp3) is 0.200. The Balaban J connectivity index is 1.37. The molecule has 1 aromatic carbocycles. The van der Waals surface area contributed by atoms with Gasteiger partial charge in [0.1, 0.15) is 36.2 Å². The molecule has 1 aliphatic heterocycles. The van der Waals surface area contributed by atoms with Gasteiger partial charge < -0.3 is 20.4 Å². The Hall–Kier alpha value is -4.45. The number of hydrogen-bond donors (Lipinski definition) is 2. The van der Waals surface area contributed by atoms with Gasteiger partial charge in [-0.25, -0.2) is 18.4 Å². The SMILES string of the molecule is CC(C)(COc1cccc2c1C(N)=NS(=O)(=O)C2)NC(=O)c1cc(-n2cccc2)nc(-n2ccnc2)c1. The lowest BCUT2D eigenvalue weighted by atomic mass is 10.0. The molecule has 0 spiro atoms. The van der Waals surface area contributed by atoms with Crippen LogP contribution in [0.15, 0.2) is 78.0 Å². The molecular weight excluding hydrogens is 494 g/mol. The van der Waals surface area contributed by atoms with Gasteiger partial charge in [-0.2, -0.15) is 0 Å². The molecule has 190 valence electrons. The van der Waals surface area contributed by atoms with Crippen LogP contribution in [0.2, 0.25) is 0 Å². The third-order valence-electron chi connectivity index (χ3n) is 5.68. The lowest BCUT2D eigenvalue weighted by Gasteiger charge is -2.28. The van der Waals surface area contributed by atoms with E-state index in [4.69, 9.17) is 10.5 Å². The summed E-state index contributed by atoms with van der Waals surface area (Å²) in [5.74, 6) is 0.857. The van der Waals surface area contributed by atoms with E-state index >= 15 is 0 Å². The second kappa shape index (κ2) is 9.21. The molecule has 4 heterocycles. The fourth-order valence-corrected chi connectivity index (χ4v) is 5.07. The maximum absolute atomic E-state index is 13.3. The van der Waals surface area contributed by atoms with Gasteiger partial charge in [0.2, 0.25) is 0 Å². The zero-order chi connectivity index (χ0) is 26.2. The molecule has 0 saturated heterocycles. The first-order chi connectivity index (χ1) is 17.6. The molecule has 1 aliphatic rings. The van der Waals surface area contributed by atoms with Crippen LogP contribution in [0, 0.1) is 0 Å². The third kappa shape index (κ3) is 5.23. The van der Waals surface area contributed by atoms with Gasteiger partial charge in [-0.15, -0.1) is 4.40 Å². The van der Waals surface area contributed by atoms with Crippen LogP contribution in [0.3, 0.4) is 0 Å². The van der Waals surface area contributed by atoms with Crippen molar-refractivity contribution in [3.8, 4) is 17.4 Å². The summed E-state index contributed by atoms with van der Waals surface area (Å²) in [7, 11) is -3.65. The van der Waals surface area contributed by atoms with Gasteiger partial charge in [0, 0.05) is 30.4 Å². The minimum absolute atomic E-state index is 0.0964. The summed E-state index contributed by atoms with van der Waals surface area (Å²) < 4.78 is 37.0. The zero-order valence-electron chi connectivity index (χ0n) is 20.2. The van der Waals surface area contributed by atoms with E-state index in [1.807, 2.05) is 42.9 Å². The van der Waals surface area contributed by atoms with E-state index in [0.29, 0.717) is 34.1 Å². The van der Waals surface area contributed by atoms with Crippen LogP contribution in [0.25, 0.3) is 11.6 Å².